The van der Waals surface area contributed by atoms with Crippen molar-refractivity contribution in [2.45, 2.75) is 0 Å². The number of aliphatic carboxylic acids is 1. The Hall–Kier alpha value is -3.34. The highest BCUT2D eigenvalue weighted by Crippen LogP contribution is 2.25. The zero-order valence-electron chi connectivity index (χ0n) is 12.0. The number of fused-ring (bicyclic) bond motifs is 1. The van der Waals surface area contributed by atoms with Gasteiger partial charge in [-0.05, 0) is 35.9 Å². The van der Waals surface area contributed by atoms with Crippen molar-refractivity contribution in [3.63, 3.8) is 0 Å². The second-order valence-corrected chi connectivity index (χ2v) is 4.90. The fourth-order valence-electron chi connectivity index (χ4n) is 2.26. The lowest BCUT2D eigenvalue weighted by atomic mass is 10.1. The Morgan fingerprint density at radius 3 is 2.74 bits per heavy atom. The third-order valence-electron chi connectivity index (χ3n) is 3.23. The van der Waals surface area contributed by atoms with Crippen LogP contribution in [0, 0.1) is 0 Å². The molecule has 0 amide bonds. The minimum absolute atomic E-state index is 0.437. The number of carbonyl (C=O) groups is 1. The Kier molecular flexibility index (Phi) is 3.93. The SMILES string of the molecule is O=C(O)/C=C/c1cccc(Nc2cc(=O)oc3ccccc23)c1. The molecule has 0 aliphatic heterocycles. The van der Waals surface area contributed by atoms with E-state index in [0.29, 0.717) is 11.3 Å². The number of carboxylic acid groups (broad SMARTS) is 1. The Balaban J connectivity index is 1.98. The van der Waals surface area contributed by atoms with Crippen molar-refractivity contribution in [2.75, 3.05) is 5.32 Å². The van der Waals surface area contributed by atoms with E-state index in [-0.39, 0.29) is 0 Å². The van der Waals surface area contributed by atoms with Crippen molar-refractivity contribution >= 4 is 34.4 Å². The quantitative estimate of drug-likeness (QED) is 0.568. The van der Waals surface area contributed by atoms with Gasteiger partial charge in [0.1, 0.15) is 5.58 Å². The van der Waals surface area contributed by atoms with Crippen molar-refractivity contribution in [1.29, 1.82) is 0 Å². The van der Waals surface area contributed by atoms with Gasteiger partial charge in [0.2, 0.25) is 0 Å². The molecule has 3 aromatic rings. The van der Waals surface area contributed by atoms with Crippen LogP contribution in [-0.2, 0) is 4.79 Å². The molecule has 0 aliphatic rings. The molecule has 5 heteroatoms. The van der Waals surface area contributed by atoms with E-state index in [1.54, 1.807) is 30.3 Å². The van der Waals surface area contributed by atoms with Crippen LogP contribution in [0.2, 0.25) is 0 Å². The first kappa shape index (κ1) is 14.6. The van der Waals surface area contributed by atoms with Crippen LogP contribution in [0.3, 0.4) is 0 Å². The fourth-order valence-corrected chi connectivity index (χ4v) is 2.26. The first-order valence-electron chi connectivity index (χ1n) is 6.93. The van der Waals surface area contributed by atoms with Gasteiger partial charge in [0.15, 0.2) is 0 Å². The van der Waals surface area contributed by atoms with Gasteiger partial charge in [-0.15, -0.1) is 0 Å². The molecule has 114 valence electrons. The molecule has 0 spiro atoms. The fraction of sp³-hybridized carbons (Fsp3) is 0. The Labute approximate surface area is 131 Å². The predicted octanol–water partition coefficient (Wildman–Crippen LogP) is 3.63. The average Bonchev–Trinajstić information content (AvgIpc) is 2.53. The molecule has 2 N–H and O–H groups in total. The molecule has 0 unspecified atom stereocenters. The Morgan fingerprint density at radius 1 is 1.09 bits per heavy atom. The normalized spacial score (nSPS) is 11.0. The summed E-state index contributed by atoms with van der Waals surface area (Å²) in [5.74, 6) is -1.00. The van der Waals surface area contributed by atoms with E-state index in [2.05, 4.69) is 5.32 Å². The number of carboxylic acids is 1. The smallest absolute Gasteiger partial charge is 0.338 e. The lowest BCUT2D eigenvalue weighted by molar-refractivity contribution is -0.131. The first-order chi connectivity index (χ1) is 11.1. The molecule has 0 fully saturated rings. The number of anilines is 2. The summed E-state index contributed by atoms with van der Waals surface area (Å²) in [4.78, 5) is 22.2. The van der Waals surface area contributed by atoms with Crippen LogP contribution in [0.15, 0.2) is 69.9 Å². The molecule has 3 rings (SSSR count). The van der Waals surface area contributed by atoms with Crippen molar-refractivity contribution in [2.24, 2.45) is 0 Å². The summed E-state index contributed by atoms with van der Waals surface area (Å²) >= 11 is 0. The van der Waals surface area contributed by atoms with Crippen LogP contribution >= 0.6 is 0 Å². The van der Waals surface area contributed by atoms with Crippen molar-refractivity contribution in [3.05, 3.63) is 76.7 Å². The van der Waals surface area contributed by atoms with Crippen molar-refractivity contribution in [3.8, 4) is 0 Å². The van der Waals surface area contributed by atoms with Gasteiger partial charge in [0, 0.05) is 23.2 Å². The Morgan fingerprint density at radius 2 is 1.91 bits per heavy atom. The van der Waals surface area contributed by atoms with Gasteiger partial charge in [-0.3, -0.25) is 0 Å². The van der Waals surface area contributed by atoms with Crippen molar-refractivity contribution < 1.29 is 14.3 Å². The van der Waals surface area contributed by atoms with Gasteiger partial charge in [-0.1, -0.05) is 24.3 Å². The largest absolute Gasteiger partial charge is 0.478 e. The van der Waals surface area contributed by atoms with Gasteiger partial charge in [0.25, 0.3) is 0 Å². The van der Waals surface area contributed by atoms with E-state index in [4.69, 9.17) is 9.52 Å². The van der Waals surface area contributed by atoms with Crippen molar-refractivity contribution in [1.82, 2.24) is 0 Å². The van der Waals surface area contributed by atoms with E-state index in [1.165, 1.54) is 12.1 Å². The third-order valence-corrected chi connectivity index (χ3v) is 3.23. The lowest BCUT2D eigenvalue weighted by Gasteiger charge is -2.09. The van der Waals surface area contributed by atoms with E-state index in [9.17, 15) is 9.59 Å². The van der Waals surface area contributed by atoms with Crippen LogP contribution in [0.4, 0.5) is 11.4 Å². The maximum absolute atomic E-state index is 11.7. The summed E-state index contributed by atoms with van der Waals surface area (Å²) in [5, 5.41) is 12.6. The summed E-state index contributed by atoms with van der Waals surface area (Å²) in [6, 6.07) is 15.9. The van der Waals surface area contributed by atoms with Gasteiger partial charge in [0.05, 0.1) is 5.69 Å². The monoisotopic (exact) mass is 307 g/mol. The summed E-state index contributed by atoms with van der Waals surface area (Å²) in [5.41, 5.74) is 2.19. The summed E-state index contributed by atoms with van der Waals surface area (Å²) in [6.07, 6.45) is 2.58. The highest BCUT2D eigenvalue weighted by Gasteiger charge is 2.05. The van der Waals surface area contributed by atoms with Crippen LogP contribution in [0.1, 0.15) is 5.56 Å². The zero-order chi connectivity index (χ0) is 16.2. The number of benzene rings is 2. The number of hydrogen-bond acceptors (Lipinski definition) is 4. The molecular formula is C18H13NO4. The molecule has 0 aliphatic carbocycles. The summed E-state index contributed by atoms with van der Waals surface area (Å²) in [6.45, 7) is 0. The number of nitrogens with one attached hydrogen (secondary N) is 1. The maximum atomic E-state index is 11.7. The molecule has 1 aromatic heterocycles. The summed E-state index contributed by atoms with van der Waals surface area (Å²) in [7, 11) is 0. The van der Waals surface area contributed by atoms with Gasteiger partial charge < -0.3 is 14.8 Å². The summed E-state index contributed by atoms with van der Waals surface area (Å²) < 4.78 is 5.16. The molecule has 2 aromatic carbocycles. The molecule has 23 heavy (non-hydrogen) atoms. The number of hydrogen-bond donors (Lipinski definition) is 2. The van der Waals surface area contributed by atoms with Gasteiger partial charge >= 0.3 is 11.6 Å². The van der Waals surface area contributed by atoms with Crippen LogP contribution in [0.5, 0.6) is 0 Å². The molecule has 5 nitrogen and oxygen atoms in total. The number of rotatable bonds is 4. The maximum Gasteiger partial charge on any atom is 0.338 e. The molecule has 0 saturated carbocycles. The highest BCUT2D eigenvalue weighted by molar-refractivity contribution is 5.91. The minimum Gasteiger partial charge on any atom is -0.478 e. The molecule has 0 atom stereocenters. The standard InChI is InChI=1S/C18H13NO4/c20-17(21)9-8-12-4-3-5-13(10-12)19-15-11-18(22)23-16-7-2-1-6-14(15)16/h1-11,19H,(H,20,21)/b9-8+. The topological polar surface area (TPSA) is 79.5 Å². The van der Waals surface area contributed by atoms with E-state index < -0.39 is 11.6 Å². The zero-order valence-corrected chi connectivity index (χ0v) is 12.0. The van der Waals surface area contributed by atoms with Gasteiger partial charge in [-0.2, -0.15) is 0 Å². The molecule has 0 bridgehead atoms. The second kappa shape index (κ2) is 6.19. The van der Waals surface area contributed by atoms with Crippen LogP contribution in [-0.4, -0.2) is 11.1 Å². The highest BCUT2D eigenvalue weighted by atomic mass is 16.4. The Bertz CT molecular complexity index is 956. The molecule has 1 heterocycles. The van der Waals surface area contributed by atoms with Crippen LogP contribution < -0.4 is 10.9 Å². The molecular weight excluding hydrogens is 294 g/mol. The number of para-hydroxylation sites is 1. The van der Waals surface area contributed by atoms with Crippen LogP contribution in [0.25, 0.3) is 17.0 Å². The molecule has 0 saturated heterocycles. The van der Waals surface area contributed by atoms with E-state index >= 15 is 0 Å². The average molecular weight is 307 g/mol. The first-order valence-corrected chi connectivity index (χ1v) is 6.93. The van der Waals surface area contributed by atoms with E-state index in [1.807, 2.05) is 18.2 Å². The third kappa shape index (κ3) is 3.47. The minimum atomic E-state index is -1.00. The van der Waals surface area contributed by atoms with Gasteiger partial charge in [-0.25, -0.2) is 9.59 Å². The molecule has 0 radical (unpaired) electrons. The predicted molar refractivity (Wildman–Crippen MR) is 88.9 cm³/mol. The van der Waals surface area contributed by atoms with E-state index in [0.717, 1.165) is 22.7 Å². The second-order valence-electron chi connectivity index (χ2n) is 4.90. The lowest BCUT2D eigenvalue weighted by Crippen LogP contribution is -2.01.